The summed E-state index contributed by atoms with van der Waals surface area (Å²) in [5, 5.41) is 3.26. The molecule has 3 aromatic carbocycles. The van der Waals surface area contributed by atoms with E-state index in [9.17, 15) is 9.59 Å². The zero-order valence-corrected chi connectivity index (χ0v) is 20.4. The van der Waals surface area contributed by atoms with E-state index in [1.54, 1.807) is 17.0 Å². The molecule has 0 N–H and O–H groups in total. The Bertz CT molecular complexity index is 1580. The summed E-state index contributed by atoms with van der Waals surface area (Å²) in [4.78, 5) is 35.0. The van der Waals surface area contributed by atoms with Crippen molar-refractivity contribution in [2.45, 2.75) is 13.8 Å². The van der Waals surface area contributed by atoms with Gasteiger partial charge < -0.3 is 9.32 Å². The summed E-state index contributed by atoms with van der Waals surface area (Å²) in [7, 11) is 3.90. The van der Waals surface area contributed by atoms with Crippen molar-refractivity contribution in [2.24, 2.45) is 0 Å². The molecule has 2 aromatic heterocycles. The molecule has 0 saturated heterocycles. The van der Waals surface area contributed by atoms with Gasteiger partial charge in [0.2, 0.25) is 0 Å². The molecule has 2 heterocycles. The van der Waals surface area contributed by atoms with Crippen LogP contribution in [-0.4, -0.2) is 43.0 Å². The first-order chi connectivity index (χ1) is 16.3. The third-order valence-electron chi connectivity index (χ3n) is 6.11. The lowest BCUT2D eigenvalue weighted by atomic mass is 10.0. The lowest BCUT2D eigenvalue weighted by molar-refractivity contribution is 0.0982. The SMILES string of the molecule is Cc1cc2nc(N(CCN(C)C)C(=O)c3cc4c(ccc5ccccc54)oc3=O)sc2cc1C. The second kappa shape index (κ2) is 8.66. The number of likely N-dealkylation sites (N-methyl/N-ethyl adjacent to an activating group) is 1. The van der Waals surface area contributed by atoms with Crippen LogP contribution in [-0.2, 0) is 0 Å². The standard InChI is InChI=1S/C27H25N3O3S/c1-16-13-22-24(14-17(16)2)34-27(28-22)30(12-11-29(3)4)25(31)21-15-20-19-8-6-5-7-18(19)9-10-23(20)33-26(21)32/h5-10,13-15H,11-12H2,1-4H3. The van der Waals surface area contributed by atoms with Crippen LogP contribution in [0.5, 0.6) is 0 Å². The number of nitrogens with zero attached hydrogens (tertiary/aromatic N) is 3. The molecule has 0 saturated carbocycles. The number of carbonyl (C=O) groups is 1. The summed E-state index contributed by atoms with van der Waals surface area (Å²) in [5.41, 5.74) is 3.01. The van der Waals surface area contributed by atoms with Crippen molar-refractivity contribution >= 4 is 54.3 Å². The number of thiazole rings is 1. The molecular weight excluding hydrogens is 446 g/mol. The minimum Gasteiger partial charge on any atom is -0.422 e. The number of hydrogen-bond acceptors (Lipinski definition) is 6. The molecule has 0 radical (unpaired) electrons. The summed E-state index contributed by atoms with van der Waals surface area (Å²) >= 11 is 1.46. The van der Waals surface area contributed by atoms with E-state index in [0.29, 0.717) is 23.8 Å². The van der Waals surface area contributed by atoms with E-state index in [2.05, 4.69) is 13.0 Å². The molecular formula is C27H25N3O3S. The Kier molecular flexibility index (Phi) is 5.67. The minimum atomic E-state index is -0.643. The molecule has 1 amide bonds. The average molecular weight is 472 g/mol. The maximum absolute atomic E-state index is 13.8. The summed E-state index contributed by atoms with van der Waals surface area (Å²) in [6.45, 7) is 5.14. The first kappa shape index (κ1) is 22.3. The molecule has 5 rings (SSSR count). The molecule has 0 bridgehead atoms. The Labute approximate surface area is 201 Å². The molecule has 34 heavy (non-hydrogen) atoms. The van der Waals surface area contributed by atoms with Crippen molar-refractivity contribution in [1.29, 1.82) is 0 Å². The maximum atomic E-state index is 13.8. The summed E-state index contributed by atoms with van der Waals surface area (Å²) in [6.07, 6.45) is 0. The zero-order chi connectivity index (χ0) is 24.0. The highest BCUT2D eigenvalue weighted by atomic mass is 32.1. The van der Waals surface area contributed by atoms with E-state index >= 15 is 0 Å². The highest BCUT2D eigenvalue weighted by Crippen LogP contribution is 2.32. The van der Waals surface area contributed by atoms with Crippen LogP contribution in [0.25, 0.3) is 32.0 Å². The van der Waals surface area contributed by atoms with Crippen molar-refractivity contribution in [3.8, 4) is 0 Å². The van der Waals surface area contributed by atoms with Crippen LogP contribution in [0.15, 0.2) is 63.8 Å². The number of fused-ring (bicyclic) bond motifs is 4. The van der Waals surface area contributed by atoms with Gasteiger partial charge in [0.25, 0.3) is 5.91 Å². The molecule has 6 nitrogen and oxygen atoms in total. The molecule has 172 valence electrons. The highest BCUT2D eigenvalue weighted by Gasteiger charge is 2.25. The van der Waals surface area contributed by atoms with E-state index in [4.69, 9.17) is 9.40 Å². The molecule has 0 fully saturated rings. The summed E-state index contributed by atoms with van der Waals surface area (Å²) < 4.78 is 6.60. The smallest absolute Gasteiger partial charge is 0.349 e. The largest absolute Gasteiger partial charge is 0.422 e. The first-order valence-electron chi connectivity index (χ1n) is 11.1. The Morgan fingerprint density at radius 1 is 0.971 bits per heavy atom. The third-order valence-corrected chi connectivity index (χ3v) is 7.15. The molecule has 0 unspecified atom stereocenters. The van der Waals surface area contributed by atoms with Crippen molar-refractivity contribution in [1.82, 2.24) is 9.88 Å². The van der Waals surface area contributed by atoms with Crippen LogP contribution in [0.4, 0.5) is 5.13 Å². The van der Waals surface area contributed by atoms with Gasteiger partial charge in [0.1, 0.15) is 11.1 Å². The van der Waals surface area contributed by atoms with Gasteiger partial charge >= 0.3 is 5.63 Å². The molecule has 0 aliphatic rings. The quantitative estimate of drug-likeness (QED) is 0.254. The minimum absolute atomic E-state index is 0.00854. The Morgan fingerprint density at radius 2 is 1.74 bits per heavy atom. The number of aromatic nitrogens is 1. The van der Waals surface area contributed by atoms with Gasteiger partial charge in [-0.15, -0.1) is 0 Å². The van der Waals surface area contributed by atoms with Crippen LogP contribution in [0.3, 0.4) is 0 Å². The first-order valence-corrected chi connectivity index (χ1v) is 11.9. The summed E-state index contributed by atoms with van der Waals surface area (Å²) in [5.74, 6) is -0.405. The molecule has 7 heteroatoms. The fraction of sp³-hybridized carbons (Fsp3) is 0.222. The summed E-state index contributed by atoms with van der Waals surface area (Å²) in [6, 6.07) is 17.3. The number of aryl methyl sites for hydroxylation is 2. The predicted molar refractivity (Wildman–Crippen MR) is 139 cm³/mol. The average Bonchev–Trinajstić information content (AvgIpc) is 3.20. The van der Waals surface area contributed by atoms with Gasteiger partial charge in [-0.1, -0.05) is 41.7 Å². The van der Waals surface area contributed by atoms with Crippen molar-refractivity contribution in [2.75, 3.05) is 32.1 Å². The normalized spacial score (nSPS) is 11.7. The Morgan fingerprint density at radius 3 is 2.53 bits per heavy atom. The van der Waals surface area contributed by atoms with Gasteiger partial charge in [0.15, 0.2) is 5.13 Å². The van der Waals surface area contributed by atoms with Crippen LogP contribution in [0.2, 0.25) is 0 Å². The van der Waals surface area contributed by atoms with Gasteiger partial charge in [0.05, 0.1) is 10.2 Å². The highest BCUT2D eigenvalue weighted by molar-refractivity contribution is 7.22. The fourth-order valence-corrected chi connectivity index (χ4v) is 5.10. The van der Waals surface area contributed by atoms with Crippen molar-refractivity contribution in [3.63, 3.8) is 0 Å². The predicted octanol–water partition coefficient (Wildman–Crippen LogP) is 5.38. The van der Waals surface area contributed by atoms with E-state index in [1.807, 2.05) is 62.3 Å². The molecule has 0 atom stereocenters. The van der Waals surface area contributed by atoms with E-state index in [0.717, 1.165) is 31.9 Å². The second-order valence-corrected chi connectivity index (χ2v) is 9.82. The number of amides is 1. The van der Waals surface area contributed by atoms with Gasteiger partial charge in [0, 0.05) is 18.5 Å². The van der Waals surface area contributed by atoms with Gasteiger partial charge in [-0.05, 0) is 74.1 Å². The number of rotatable bonds is 5. The second-order valence-electron chi connectivity index (χ2n) is 8.81. The number of benzene rings is 3. The molecule has 0 aliphatic carbocycles. The van der Waals surface area contributed by atoms with Gasteiger partial charge in [-0.2, -0.15) is 0 Å². The molecule has 0 spiro atoms. The zero-order valence-electron chi connectivity index (χ0n) is 19.6. The van der Waals surface area contributed by atoms with Crippen LogP contribution < -0.4 is 10.5 Å². The van der Waals surface area contributed by atoms with Crippen LogP contribution >= 0.6 is 11.3 Å². The fourth-order valence-electron chi connectivity index (χ4n) is 4.03. The van der Waals surface area contributed by atoms with Gasteiger partial charge in [-0.3, -0.25) is 9.69 Å². The maximum Gasteiger partial charge on any atom is 0.349 e. The van der Waals surface area contributed by atoms with E-state index in [-0.39, 0.29) is 5.56 Å². The van der Waals surface area contributed by atoms with Gasteiger partial charge in [-0.25, -0.2) is 9.78 Å². The molecule has 5 aromatic rings. The Hall–Kier alpha value is -3.55. The monoisotopic (exact) mass is 471 g/mol. The lowest BCUT2D eigenvalue weighted by Crippen LogP contribution is -2.38. The van der Waals surface area contributed by atoms with Crippen molar-refractivity contribution in [3.05, 3.63) is 81.7 Å². The van der Waals surface area contributed by atoms with E-state index in [1.165, 1.54) is 16.9 Å². The lowest BCUT2D eigenvalue weighted by Gasteiger charge is -2.21. The van der Waals surface area contributed by atoms with Crippen LogP contribution in [0, 0.1) is 13.8 Å². The third kappa shape index (κ3) is 3.97. The topological polar surface area (TPSA) is 66.7 Å². The van der Waals surface area contributed by atoms with Crippen LogP contribution in [0.1, 0.15) is 21.5 Å². The molecule has 0 aliphatic heterocycles. The van der Waals surface area contributed by atoms with E-state index < -0.39 is 11.5 Å². The number of carbonyl (C=O) groups excluding carboxylic acids is 1. The Balaban J connectivity index is 1.64. The number of anilines is 1. The number of hydrogen-bond donors (Lipinski definition) is 0. The van der Waals surface area contributed by atoms with Crippen molar-refractivity contribution < 1.29 is 9.21 Å².